The van der Waals surface area contributed by atoms with Crippen LogP contribution >= 0.6 is 0 Å². The highest BCUT2D eigenvalue weighted by molar-refractivity contribution is 5.97. The zero-order valence-electron chi connectivity index (χ0n) is 24.7. The fourth-order valence-corrected chi connectivity index (χ4v) is 3.87. The molecular formula is C25H43N9O8. The molecule has 8 amide bonds. The van der Waals surface area contributed by atoms with E-state index < -0.39 is 96.1 Å². The summed E-state index contributed by atoms with van der Waals surface area (Å²) in [7, 11) is 0. The molecule has 42 heavy (non-hydrogen) atoms. The molecule has 0 radical (unpaired) electrons. The van der Waals surface area contributed by atoms with E-state index >= 15 is 0 Å². The number of carbonyl (C=O) groups excluding carboxylic acids is 8. The second-order valence-electron chi connectivity index (χ2n) is 10.3. The number of rotatable bonds is 14. The van der Waals surface area contributed by atoms with Crippen LogP contribution in [0.25, 0.3) is 0 Å². The average molecular weight is 598 g/mol. The number of nitrogens with two attached hydrogens (primary N) is 2. The summed E-state index contributed by atoms with van der Waals surface area (Å²) in [5.74, 6) is -5.00. The van der Waals surface area contributed by atoms with Gasteiger partial charge in [-0.1, -0.05) is 0 Å². The topological polar surface area (TPSA) is 264 Å². The molecule has 1 heterocycles. The van der Waals surface area contributed by atoms with Crippen LogP contribution in [0.5, 0.6) is 0 Å². The van der Waals surface area contributed by atoms with Crippen LogP contribution in [-0.4, -0.2) is 108 Å². The Balaban J connectivity index is 2.61. The van der Waals surface area contributed by atoms with E-state index in [0.717, 1.165) is 0 Å². The molecular weight excluding hydrogens is 554 g/mol. The molecule has 1 saturated heterocycles. The molecule has 0 aliphatic carbocycles. The van der Waals surface area contributed by atoms with Gasteiger partial charge in [0.05, 0.1) is 12.6 Å². The molecule has 0 saturated carbocycles. The fourth-order valence-electron chi connectivity index (χ4n) is 3.87. The summed E-state index contributed by atoms with van der Waals surface area (Å²) in [5.41, 5.74) is 10.5. The van der Waals surface area contributed by atoms with E-state index in [2.05, 4.69) is 31.9 Å². The molecule has 1 rings (SSSR count). The van der Waals surface area contributed by atoms with Crippen molar-refractivity contribution in [3.8, 4) is 0 Å². The Kier molecular flexibility index (Phi) is 13.8. The van der Waals surface area contributed by atoms with Crippen LogP contribution in [0, 0.1) is 0 Å². The summed E-state index contributed by atoms with van der Waals surface area (Å²) in [6.07, 6.45) is 0.919. The summed E-state index contributed by atoms with van der Waals surface area (Å²) in [6.45, 7) is 8.41. The third-order valence-electron chi connectivity index (χ3n) is 6.43. The maximum absolute atomic E-state index is 12.9. The van der Waals surface area contributed by atoms with Crippen molar-refractivity contribution >= 4 is 47.3 Å². The minimum atomic E-state index is -1.10. The number of primary amides is 1. The molecule has 236 valence electrons. The Morgan fingerprint density at radius 1 is 0.667 bits per heavy atom. The molecule has 1 fully saturated rings. The van der Waals surface area contributed by atoms with Gasteiger partial charge in [0, 0.05) is 6.54 Å². The van der Waals surface area contributed by atoms with Gasteiger partial charge in [-0.25, -0.2) is 0 Å². The molecule has 0 unspecified atom stereocenters. The number of nitrogens with zero attached hydrogens (tertiary/aromatic N) is 1. The first-order valence-corrected chi connectivity index (χ1v) is 13.6. The monoisotopic (exact) mass is 597 g/mol. The zero-order chi connectivity index (χ0) is 32.3. The van der Waals surface area contributed by atoms with E-state index in [4.69, 9.17) is 11.5 Å². The van der Waals surface area contributed by atoms with Crippen molar-refractivity contribution in [2.24, 2.45) is 11.5 Å². The third kappa shape index (κ3) is 10.9. The Hall–Kier alpha value is -4.28. The van der Waals surface area contributed by atoms with Crippen LogP contribution in [0.1, 0.15) is 54.4 Å². The van der Waals surface area contributed by atoms with Gasteiger partial charge in [0.25, 0.3) is 0 Å². The SMILES string of the molecule is C[C@H](NC(=O)[C@H](C)NC(=O)[C@H](C)NC(=O)[C@H](C)NC(=O)[C@@H]1CCCN1C(=O)[C@H](C)NC(=O)[C@@H](C)N)C(=O)NCC(N)=O. The number of likely N-dealkylation sites (tertiary alicyclic amines) is 1. The van der Waals surface area contributed by atoms with Gasteiger partial charge in [0.1, 0.15) is 36.3 Å². The predicted molar refractivity (Wildman–Crippen MR) is 149 cm³/mol. The van der Waals surface area contributed by atoms with Crippen molar-refractivity contribution in [3.05, 3.63) is 0 Å². The zero-order valence-corrected chi connectivity index (χ0v) is 24.7. The summed E-state index contributed by atoms with van der Waals surface area (Å²) in [5, 5.41) is 14.5. The van der Waals surface area contributed by atoms with E-state index in [1.165, 1.54) is 46.4 Å². The van der Waals surface area contributed by atoms with Gasteiger partial charge in [0.15, 0.2) is 0 Å². The van der Waals surface area contributed by atoms with Gasteiger partial charge in [0.2, 0.25) is 47.3 Å². The first-order chi connectivity index (χ1) is 19.5. The number of carbonyl (C=O) groups is 8. The van der Waals surface area contributed by atoms with E-state index in [1.807, 2.05) is 0 Å². The molecule has 17 heteroatoms. The number of amides is 8. The highest BCUT2D eigenvalue weighted by atomic mass is 16.2. The van der Waals surface area contributed by atoms with Crippen LogP contribution in [0.15, 0.2) is 0 Å². The summed E-state index contributed by atoms with van der Waals surface area (Å²) >= 11 is 0. The van der Waals surface area contributed by atoms with Gasteiger partial charge in [-0.2, -0.15) is 0 Å². The summed E-state index contributed by atoms with van der Waals surface area (Å²) in [4.78, 5) is 99.1. The number of nitrogens with one attached hydrogen (secondary N) is 6. The second kappa shape index (κ2) is 16.2. The van der Waals surface area contributed by atoms with Crippen LogP contribution in [0.2, 0.25) is 0 Å². The van der Waals surface area contributed by atoms with Crippen molar-refractivity contribution in [2.75, 3.05) is 13.1 Å². The van der Waals surface area contributed by atoms with Crippen molar-refractivity contribution in [3.63, 3.8) is 0 Å². The Bertz CT molecular complexity index is 1070. The van der Waals surface area contributed by atoms with E-state index in [0.29, 0.717) is 19.4 Å². The maximum Gasteiger partial charge on any atom is 0.245 e. The highest BCUT2D eigenvalue weighted by Crippen LogP contribution is 2.19. The maximum atomic E-state index is 12.9. The minimum Gasteiger partial charge on any atom is -0.368 e. The first kappa shape index (κ1) is 35.7. The molecule has 10 N–H and O–H groups in total. The summed E-state index contributed by atoms with van der Waals surface area (Å²) in [6, 6.07) is -6.80. The summed E-state index contributed by atoms with van der Waals surface area (Å²) < 4.78 is 0. The number of hydrogen-bond acceptors (Lipinski definition) is 9. The normalized spacial score (nSPS) is 18.6. The third-order valence-corrected chi connectivity index (χ3v) is 6.43. The van der Waals surface area contributed by atoms with E-state index in [-0.39, 0.29) is 0 Å². The molecule has 0 aromatic carbocycles. The molecule has 0 spiro atoms. The lowest BCUT2D eigenvalue weighted by molar-refractivity contribution is -0.141. The Morgan fingerprint density at radius 3 is 1.55 bits per heavy atom. The Labute approximate surface area is 244 Å². The van der Waals surface area contributed by atoms with Gasteiger partial charge in [-0.3, -0.25) is 38.4 Å². The lowest BCUT2D eigenvalue weighted by Crippen LogP contribution is -2.58. The van der Waals surface area contributed by atoms with E-state index in [1.54, 1.807) is 0 Å². The molecule has 0 bridgehead atoms. The fraction of sp³-hybridized carbons (Fsp3) is 0.680. The lowest BCUT2D eigenvalue weighted by Gasteiger charge is -2.28. The largest absolute Gasteiger partial charge is 0.368 e. The molecule has 7 atom stereocenters. The molecule has 1 aliphatic rings. The van der Waals surface area contributed by atoms with Crippen molar-refractivity contribution < 1.29 is 38.4 Å². The van der Waals surface area contributed by atoms with Crippen molar-refractivity contribution in [2.45, 2.75) is 96.7 Å². The van der Waals surface area contributed by atoms with E-state index in [9.17, 15) is 38.4 Å². The second-order valence-corrected chi connectivity index (χ2v) is 10.3. The van der Waals surface area contributed by atoms with Crippen LogP contribution in [0.4, 0.5) is 0 Å². The van der Waals surface area contributed by atoms with Gasteiger partial charge < -0.3 is 48.3 Å². The highest BCUT2D eigenvalue weighted by Gasteiger charge is 2.37. The van der Waals surface area contributed by atoms with Gasteiger partial charge in [-0.05, 0) is 54.4 Å². The first-order valence-electron chi connectivity index (χ1n) is 13.6. The lowest BCUT2D eigenvalue weighted by atomic mass is 10.1. The minimum absolute atomic E-state index is 0.301. The molecule has 17 nitrogen and oxygen atoms in total. The van der Waals surface area contributed by atoms with Crippen molar-refractivity contribution in [1.82, 2.24) is 36.8 Å². The van der Waals surface area contributed by atoms with Crippen LogP contribution < -0.4 is 43.4 Å². The molecule has 1 aliphatic heterocycles. The standard InChI is InChI=1S/C25H43N9O8/c1-11(26)19(36)33-16(6)25(42)34-9-7-8-17(34)24(41)32-15(5)23(40)31-14(4)22(39)30-13(3)21(38)29-12(2)20(37)28-10-18(27)35/h11-17H,7-10,26H2,1-6H3,(H2,27,35)(H,28,37)(H,29,38)(H,30,39)(H,31,40)(H,32,41)(H,33,36)/t11-,12+,13+,14+,15+,16+,17+/m1/s1. The van der Waals surface area contributed by atoms with Crippen LogP contribution in [-0.2, 0) is 38.4 Å². The average Bonchev–Trinajstić information content (AvgIpc) is 3.40. The predicted octanol–water partition coefficient (Wildman–Crippen LogP) is -4.55. The molecule has 0 aromatic heterocycles. The molecule has 0 aromatic rings. The van der Waals surface area contributed by atoms with Crippen molar-refractivity contribution in [1.29, 1.82) is 0 Å². The van der Waals surface area contributed by atoms with Gasteiger partial charge in [-0.15, -0.1) is 0 Å². The Morgan fingerprint density at radius 2 is 1.10 bits per heavy atom. The quantitative estimate of drug-likeness (QED) is 0.0957. The van der Waals surface area contributed by atoms with Crippen LogP contribution in [0.3, 0.4) is 0 Å². The van der Waals surface area contributed by atoms with Gasteiger partial charge >= 0.3 is 0 Å². The smallest absolute Gasteiger partial charge is 0.245 e. The number of hydrogen-bond donors (Lipinski definition) is 8.